The standard InChI is InChI=1S/C50H77NO13/c1-30-16-11-10-12-17-31(2)41(60-7)28-37-18-15-22-50(59,64-37)47(56)48(57)51-23-14-13-19-38(51)49(58)63-42(33(4)26-36-20-21-39(52)43(27-36)61-8)29-40(53)32(3)25-35(6)45(55)46(62-9)44(54)34(5)24-30/h10-12,16-17,25,30,32-34,36-39,41-43,45-46,52,55,59H,13-15,18-24,26-29H2,1-9H3/b12-10+,16-11+,31-17+,35-25+/t30-,32-,33+,34-,36+,37+,38+,39-,41+,42+,43-,45-,46+,50-/m1/s1. The van der Waals surface area contributed by atoms with Gasteiger partial charge in [-0.05, 0) is 107 Å². The van der Waals surface area contributed by atoms with E-state index >= 15 is 0 Å². The number of cyclic esters (lactones) is 1. The van der Waals surface area contributed by atoms with E-state index in [4.69, 9.17) is 23.7 Å². The van der Waals surface area contributed by atoms with Gasteiger partial charge in [-0.25, -0.2) is 4.79 Å². The molecule has 64 heavy (non-hydrogen) atoms. The third-order valence-electron chi connectivity index (χ3n) is 14.0. The van der Waals surface area contributed by atoms with Gasteiger partial charge in [-0.15, -0.1) is 0 Å². The number of hydrogen-bond acceptors (Lipinski definition) is 13. The number of methoxy groups -OCH3 is 3. The number of hydrogen-bond donors (Lipinski definition) is 3. The van der Waals surface area contributed by atoms with Gasteiger partial charge < -0.3 is 43.9 Å². The summed E-state index contributed by atoms with van der Waals surface area (Å²) in [6.07, 6.45) is 11.2. The molecule has 0 aromatic carbocycles. The minimum Gasteiger partial charge on any atom is -0.460 e. The van der Waals surface area contributed by atoms with Crippen LogP contribution in [0.15, 0.2) is 47.6 Å². The van der Waals surface area contributed by atoms with Crippen molar-refractivity contribution in [3.63, 3.8) is 0 Å². The van der Waals surface area contributed by atoms with Gasteiger partial charge in [-0.2, -0.15) is 0 Å². The molecule has 0 radical (unpaired) electrons. The molecule has 2 bridgehead atoms. The number of nitrogens with zero attached hydrogens (tertiary/aromatic N) is 1. The van der Waals surface area contributed by atoms with Crippen LogP contribution in [0.4, 0.5) is 0 Å². The van der Waals surface area contributed by atoms with Gasteiger partial charge in [0, 0.05) is 59.0 Å². The van der Waals surface area contributed by atoms with Gasteiger partial charge in [0.25, 0.3) is 11.7 Å². The molecular formula is C50H77NO13. The van der Waals surface area contributed by atoms with Crippen LogP contribution in [0.3, 0.4) is 0 Å². The highest BCUT2D eigenvalue weighted by Crippen LogP contribution is 2.35. The lowest BCUT2D eigenvalue weighted by molar-refractivity contribution is -0.245. The smallest absolute Gasteiger partial charge is 0.329 e. The second-order valence-corrected chi connectivity index (χ2v) is 19.1. The minimum atomic E-state index is -2.39. The zero-order valence-electron chi connectivity index (χ0n) is 39.7. The van der Waals surface area contributed by atoms with E-state index in [2.05, 4.69) is 0 Å². The van der Waals surface area contributed by atoms with Crippen molar-refractivity contribution in [3.05, 3.63) is 47.6 Å². The highest BCUT2D eigenvalue weighted by Gasteiger charge is 2.49. The maximum atomic E-state index is 14.3. The van der Waals surface area contributed by atoms with Crippen molar-refractivity contribution in [2.75, 3.05) is 27.9 Å². The van der Waals surface area contributed by atoms with Crippen molar-refractivity contribution in [3.8, 4) is 0 Å². The molecule has 14 atom stereocenters. The van der Waals surface area contributed by atoms with Gasteiger partial charge in [0.05, 0.1) is 24.4 Å². The largest absolute Gasteiger partial charge is 0.460 e. The molecule has 1 saturated carbocycles. The number of Topliss-reactive ketones (excluding diaryl/α,β-unsaturated/α-hetero) is 3. The molecule has 4 aliphatic rings. The Morgan fingerprint density at radius 2 is 1.59 bits per heavy atom. The third kappa shape index (κ3) is 14.3. The quantitative estimate of drug-likeness (QED) is 0.161. The van der Waals surface area contributed by atoms with Crippen molar-refractivity contribution in [2.24, 2.45) is 29.6 Å². The molecule has 3 fully saturated rings. The summed E-state index contributed by atoms with van der Waals surface area (Å²) in [5.41, 5.74) is 1.27. The first-order valence-corrected chi connectivity index (χ1v) is 23.5. The van der Waals surface area contributed by atoms with E-state index in [-0.39, 0.29) is 61.2 Å². The highest BCUT2D eigenvalue weighted by atomic mass is 16.6. The number of carbonyl (C=O) groups excluding carboxylic acids is 5. The van der Waals surface area contributed by atoms with Crippen molar-refractivity contribution in [1.82, 2.24) is 4.90 Å². The van der Waals surface area contributed by atoms with E-state index in [1.807, 2.05) is 58.1 Å². The molecule has 0 aromatic heterocycles. The molecule has 3 heterocycles. The Morgan fingerprint density at radius 1 is 0.859 bits per heavy atom. The van der Waals surface area contributed by atoms with E-state index < -0.39 is 77.9 Å². The van der Waals surface area contributed by atoms with Crippen LogP contribution in [0.1, 0.15) is 125 Å². The lowest BCUT2D eigenvalue weighted by atomic mass is 9.78. The first-order chi connectivity index (χ1) is 30.3. The van der Waals surface area contributed by atoms with E-state index in [1.54, 1.807) is 34.1 Å². The van der Waals surface area contributed by atoms with Crippen LogP contribution in [0.25, 0.3) is 0 Å². The van der Waals surface area contributed by atoms with E-state index in [1.165, 1.54) is 12.0 Å². The number of piperidine rings is 1. The Balaban J connectivity index is 1.68. The highest BCUT2D eigenvalue weighted by molar-refractivity contribution is 6.39. The Morgan fingerprint density at radius 3 is 2.28 bits per heavy atom. The van der Waals surface area contributed by atoms with Crippen molar-refractivity contribution in [2.45, 2.75) is 180 Å². The molecule has 14 heteroatoms. The second kappa shape index (κ2) is 25.0. The number of ether oxygens (including phenoxy) is 5. The summed E-state index contributed by atoms with van der Waals surface area (Å²) in [6, 6.07) is -1.13. The van der Waals surface area contributed by atoms with Crippen LogP contribution in [-0.4, -0.2) is 132 Å². The number of esters is 1. The lowest BCUT2D eigenvalue weighted by Gasteiger charge is -2.40. The number of allylic oxidation sites excluding steroid dienone is 6. The molecule has 14 nitrogen and oxygen atoms in total. The Kier molecular flexibility index (Phi) is 20.8. The number of ketones is 3. The fourth-order valence-electron chi connectivity index (χ4n) is 9.92. The van der Waals surface area contributed by atoms with Crippen molar-refractivity contribution >= 4 is 29.2 Å². The number of amides is 1. The van der Waals surface area contributed by atoms with Crippen LogP contribution in [0, 0.1) is 29.6 Å². The van der Waals surface area contributed by atoms with Gasteiger partial charge in [-0.3, -0.25) is 19.2 Å². The molecule has 1 amide bonds. The summed E-state index contributed by atoms with van der Waals surface area (Å²) < 4.78 is 29.2. The fraction of sp³-hybridized carbons (Fsp3) is 0.740. The average Bonchev–Trinajstić information content (AvgIpc) is 3.27. The maximum Gasteiger partial charge on any atom is 0.329 e. The van der Waals surface area contributed by atoms with Crippen LogP contribution in [0.2, 0.25) is 0 Å². The van der Waals surface area contributed by atoms with Gasteiger partial charge in [0.15, 0.2) is 5.78 Å². The minimum absolute atomic E-state index is 0.0217. The molecule has 2 saturated heterocycles. The summed E-state index contributed by atoms with van der Waals surface area (Å²) >= 11 is 0. The number of rotatable bonds is 6. The van der Waals surface area contributed by atoms with Crippen molar-refractivity contribution in [1.29, 1.82) is 0 Å². The second-order valence-electron chi connectivity index (χ2n) is 19.1. The fourth-order valence-corrected chi connectivity index (χ4v) is 9.92. The topological polar surface area (TPSA) is 195 Å². The molecule has 4 rings (SSSR count). The van der Waals surface area contributed by atoms with Gasteiger partial charge in [0.2, 0.25) is 5.79 Å². The van der Waals surface area contributed by atoms with Crippen LogP contribution in [0.5, 0.6) is 0 Å². The zero-order valence-corrected chi connectivity index (χ0v) is 39.7. The van der Waals surface area contributed by atoms with Gasteiger partial charge >= 0.3 is 5.97 Å². The Bertz CT molecular complexity index is 1720. The van der Waals surface area contributed by atoms with E-state index in [0.717, 1.165) is 12.0 Å². The number of aliphatic hydroxyl groups excluding tert-OH is 2. The predicted molar refractivity (Wildman–Crippen MR) is 241 cm³/mol. The summed E-state index contributed by atoms with van der Waals surface area (Å²) in [4.78, 5) is 71.3. The van der Waals surface area contributed by atoms with Crippen LogP contribution < -0.4 is 0 Å². The zero-order chi connectivity index (χ0) is 47.3. The lowest BCUT2D eigenvalue weighted by Crippen LogP contribution is -2.58. The van der Waals surface area contributed by atoms with Gasteiger partial charge in [0.1, 0.15) is 30.1 Å². The summed E-state index contributed by atoms with van der Waals surface area (Å²) in [5, 5.41) is 33.5. The predicted octanol–water partition coefficient (Wildman–Crippen LogP) is 5.93. The first kappa shape index (κ1) is 53.2. The molecule has 360 valence electrons. The van der Waals surface area contributed by atoms with Crippen molar-refractivity contribution < 1.29 is 63.0 Å². The molecule has 3 aliphatic heterocycles. The van der Waals surface area contributed by atoms with Crippen LogP contribution >= 0.6 is 0 Å². The Hall–Kier alpha value is -3.37. The molecule has 0 unspecified atom stereocenters. The summed E-state index contributed by atoms with van der Waals surface area (Å²) in [7, 11) is 4.52. The first-order valence-electron chi connectivity index (χ1n) is 23.5. The van der Waals surface area contributed by atoms with Gasteiger partial charge in [-0.1, -0.05) is 64.2 Å². The molecular weight excluding hydrogens is 823 g/mol. The SMILES string of the molecule is CO[C@H]1C[C@@H]2CCC[C@@](O)(O2)C(=O)C(=O)N2CCCC[C@H]2C(=O)O[C@H]([C@@H](C)C[C@@H]2CC[C@@H](O)[C@H](OC)C2)CC(=O)[C@H](C)/C=C(\C)[C@@H](O)[C@@H](OC)C(=O)[C@H](C)C[C@H](C)/C=C/C=C/C=C/1C. The monoisotopic (exact) mass is 900 g/mol. The summed E-state index contributed by atoms with van der Waals surface area (Å²) in [5.74, 6) is -7.19. The van der Waals surface area contributed by atoms with E-state index in [9.17, 15) is 39.3 Å². The number of aliphatic hydroxyl groups is 3. The molecule has 0 spiro atoms. The number of carbonyl (C=O) groups is 5. The third-order valence-corrected chi connectivity index (χ3v) is 14.0. The maximum absolute atomic E-state index is 14.3. The number of fused-ring (bicyclic) bond motifs is 3. The van der Waals surface area contributed by atoms with E-state index in [0.29, 0.717) is 63.4 Å². The molecule has 3 N–H and O–H groups in total. The molecule has 0 aromatic rings. The normalized spacial score (nSPS) is 39.7. The van der Waals surface area contributed by atoms with Crippen LogP contribution in [-0.2, 0) is 47.7 Å². The molecule has 1 aliphatic carbocycles. The Labute approximate surface area is 380 Å². The average molecular weight is 900 g/mol. The summed E-state index contributed by atoms with van der Waals surface area (Å²) in [6.45, 7) is 11.1.